The Labute approximate surface area is 106 Å². The standard InChI is InChI=1S/C15H27NO/c1-10-5-6-14(11(2)9-10)16-8-7-15(17)12(3)13(16)4/h10-14H,5-9H2,1-4H3. The molecular formula is C15H27NO. The predicted octanol–water partition coefficient (Wildman–Crippen LogP) is 3.11. The molecule has 0 aromatic heterocycles. The molecule has 0 bridgehead atoms. The number of rotatable bonds is 1. The minimum Gasteiger partial charge on any atom is -0.299 e. The van der Waals surface area contributed by atoms with Gasteiger partial charge in [0.1, 0.15) is 5.78 Å². The maximum atomic E-state index is 11.7. The van der Waals surface area contributed by atoms with E-state index in [1.54, 1.807) is 0 Å². The van der Waals surface area contributed by atoms with Crippen molar-refractivity contribution in [3.63, 3.8) is 0 Å². The van der Waals surface area contributed by atoms with E-state index in [-0.39, 0.29) is 5.92 Å². The Morgan fingerprint density at radius 3 is 2.47 bits per heavy atom. The summed E-state index contributed by atoms with van der Waals surface area (Å²) in [5.41, 5.74) is 0. The van der Waals surface area contributed by atoms with Gasteiger partial charge in [0.15, 0.2) is 0 Å². The molecule has 5 unspecified atom stereocenters. The summed E-state index contributed by atoms with van der Waals surface area (Å²) in [6.07, 6.45) is 4.81. The first-order chi connectivity index (χ1) is 8.00. The number of hydrogen-bond donors (Lipinski definition) is 0. The number of ketones is 1. The highest BCUT2D eigenvalue weighted by atomic mass is 16.1. The Morgan fingerprint density at radius 2 is 1.82 bits per heavy atom. The van der Waals surface area contributed by atoms with Crippen LogP contribution < -0.4 is 0 Å². The van der Waals surface area contributed by atoms with Gasteiger partial charge in [-0.15, -0.1) is 0 Å². The third-order valence-electron chi connectivity index (χ3n) is 5.18. The van der Waals surface area contributed by atoms with Gasteiger partial charge in [-0.05, 0) is 38.0 Å². The van der Waals surface area contributed by atoms with Crippen LogP contribution in [0.2, 0.25) is 0 Å². The second-order valence-electron chi connectivity index (χ2n) is 6.45. The largest absolute Gasteiger partial charge is 0.299 e. The lowest BCUT2D eigenvalue weighted by molar-refractivity contribution is -0.129. The van der Waals surface area contributed by atoms with E-state index in [2.05, 4.69) is 32.6 Å². The fraction of sp³-hybridized carbons (Fsp3) is 0.933. The molecule has 5 atom stereocenters. The molecule has 0 aromatic carbocycles. The maximum absolute atomic E-state index is 11.7. The monoisotopic (exact) mass is 237 g/mol. The van der Waals surface area contributed by atoms with Crippen LogP contribution in [0.1, 0.15) is 53.4 Å². The second kappa shape index (κ2) is 5.09. The highest BCUT2D eigenvalue weighted by Crippen LogP contribution is 2.35. The van der Waals surface area contributed by atoms with Crippen molar-refractivity contribution in [1.29, 1.82) is 0 Å². The maximum Gasteiger partial charge on any atom is 0.138 e. The van der Waals surface area contributed by atoms with Gasteiger partial charge in [-0.2, -0.15) is 0 Å². The van der Waals surface area contributed by atoms with Crippen molar-refractivity contribution in [2.45, 2.75) is 65.5 Å². The molecule has 0 spiro atoms. The molecule has 0 aromatic rings. The van der Waals surface area contributed by atoms with Crippen LogP contribution in [0, 0.1) is 17.8 Å². The van der Waals surface area contributed by atoms with E-state index >= 15 is 0 Å². The lowest BCUT2D eigenvalue weighted by Gasteiger charge is -2.47. The van der Waals surface area contributed by atoms with Gasteiger partial charge in [-0.3, -0.25) is 9.69 Å². The normalized spacial score (nSPS) is 44.9. The van der Waals surface area contributed by atoms with E-state index in [1.807, 2.05) is 0 Å². The molecule has 2 rings (SSSR count). The van der Waals surface area contributed by atoms with E-state index in [4.69, 9.17) is 0 Å². The van der Waals surface area contributed by atoms with Gasteiger partial charge in [0.25, 0.3) is 0 Å². The molecule has 1 aliphatic heterocycles. The third-order valence-corrected chi connectivity index (χ3v) is 5.18. The third kappa shape index (κ3) is 2.57. The van der Waals surface area contributed by atoms with Crippen LogP contribution in [0.4, 0.5) is 0 Å². The van der Waals surface area contributed by atoms with Crippen molar-refractivity contribution in [1.82, 2.24) is 4.90 Å². The molecule has 2 aliphatic rings. The van der Waals surface area contributed by atoms with Crippen molar-refractivity contribution in [3.8, 4) is 0 Å². The van der Waals surface area contributed by atoms with Crippen molar-refractivity contribution < 1.29 is 4.79 Å². The van der Waals surface area contributed by atoms with E-state index in [0.717, 1.165) is 30.8 Å². The minimum absolute atomic E-state index is 0.232. The Hall–Kier alpha value is -0.370. The van der Waals surface area contributed by atoms with Gasteiger partial charge in [-0.25, -0.2) is 0 Å². The average Bonchev–Trinajstić information content (AvgIpc) is 2.28. The summed E-state index contributed by atoms with van der Waals surface area (Å²) < 4.78 is 0. The van der Waals surface area contributed by atoms with Gasteiger partial charge in [-0.1, -0.05) is 20.8 Å². The number of hydrogen-bond acceptors (Lipinski definition) is 2. The van der Waals surface area contributed by atoms with Crippen LogP contribution in [0.3, 0.4) is 0 Å². The molecule has 0 N–H and O–H groups in total. The van der Waals surface area contributed by atoms with Crippen molar-refractivity contribution >= 4 is 5.78 Å². The van der Waals surface area contributed by atoms with E-state index in [9.17, 15) is 4.79 Å². The van der Waals surface area contributed by atoms with Gasteiger partial charge in [0.05, 0.1) is 0 Å². The minimum atomic E-state index is 0.232. The van der Waals surface area contributed by atoms with Crippen LogP contribution in [-0.4, -0.2) is 29.3 Å². The molecule has 0 radical (unpaired) electrons. The molecule has 1 saturated heterocycles. The highest BCUT2D eigenvalue weighted by Gasteiger charge is 2.38. The van der Waals surface area contributed by atoms with Gasteiger partial charge < -0.3 is 0 Å². The molecule has 0 amide bonds. The van der Waals surface area contributed by atoms with Crippen LogP contribution >= 0.6 is 0 Å². The zero-order chi connectivity index (χ0) is 12.6. The molecule has 2 fully saturated rings. The lowest BCUT2D eigenvalue weighted by Crippen LogP contribution is -2.54. The van der Waals surface area contributed by atoms with Gasteiger partial charge >= 0.3 is 0 Å². The van der Waals surface area contributed by atoms with Crippen molar-refractivity contribution in [2.75, 3.05) is 6.54 Å². The number of likely N-dealkylation sites (tertiary alicyclic amines) is 1. The quantitative estimate of drug-likeness (QED) is 0.698. The van der Waals surface area contributed by atoms with E-state index < -0.39 is 0 Å². The first kappa shape index (κ1) is 13.1. The topological polar surface area (TPSA) is 20.3 Å². The fourth-order valence-corrected chi connectivity index (χ4v) is 3.84. The first-order valence-corrected chi connectivity index (χ1v) is 7.29. The second-order valence-corrected chi connectivity index (χ2v) is 6.45. The molecule has 98 valence electrons. The Balaban J connectivity index is 2.04. The van der Waals surface area contributed by atoms with Gasteiger partial charge in [0.2, 0.25) is 0 Å². The number of carbonyl (C=O) groups excluding carboxylic acids is 1. The fourth-order valence-electron chi connectivity index (χ4n) is 3.84. The number of carbonyl (C=O) groups is 1. The predicted molar refractivity (Wildman–Crippen MR) is 70.9 cm³/mol. The van der Waals surface area contributed by atoms with Crippen LogP contribution in [0.25, 0.3) is 0 Å². The van der Waals surface area contributed by atoms with Crippen LogP contribution in [0.15, 0.2) is 0 Å². The highest BCUT2D eigenvalue weighted by molar-refractivity contribution is 5.82. The summed E-state index contributed by atoms with van der Waals surface area (Å²) >= 11 is 0. The van der Waals surface area contributed by atoms with Crippen molar-refractivity contribution in [2.24, 2.45) is 17.8 Å². The average molecular weight is 237 g/mol. The summed E-state index contributed by atoms with van der Waals surface area (Å²) in [6, 6.07) is 1.16. The summed E-state index contributed by atoms with van der Waals surface area (Å²) in [4.78, 5) is 14.4. The zero-order valence-electron chi connectivity index (χ0n) is 11.8. The Morgan fingerprint density at radius 1 is 1.12 bits per heavy atom. The number of piperidine rings is 1. The van der Waals surface area contributed by atoms with Crippen LogP contribution in [0.5, 0.6) is 0 Å². The Kier molecular flexibility index (Phi) is 3.92. The number of Topliss-reactive ketones (excluding diaryl/α,β-unsaturated/α-hetero) is 1. The summed E-state index contributed by atoms with van der Waals surface area (Å²) in [7, 11) is 0. The molecule has 2 nitrogen and oxygen atoms in total. The summed E-state index contributed by atoms with van der Waals surface area (Å²) in [5.74, 6) is 2.38. The molecular weight excluding hydrogens is 210 g/mol. The lowest BCUT2D eigenvalue weighted by atomic mass is 9.77. The van der Waals surface area contributed by atoms with E-state index in [0.29, 0.717) is 11.8 Å². The van der Waals surface area contributed by atoms with Crippen LogP contribution in [-0.2, 0) is 4.79 Å². The molecule has 17 heavy (non-hydrogen) atoms. The zero-order valence-corrected chi connectivity index (χ0v) is 11.8. The molecule has 1 aliphatic carbocycles. The first-order valence-electron chi connectivity index (χ1n) is 7.29. The molecule has 2 heteroatoms. The SMILES string of the molecule is CC1CCC(N2CCC(=O)C(C)C2C)C(C)C1. The summed E-state index contributed by atoms with van der Waals surface area (Å²) in [6.45, 7) is 10.1. The number of nitrogens with zero attached hydrogens (tertiary/aromatic N) is 1. The molecule has 1 saturated carbocycles. The van der Waals surface area contributed by atoms with E-state index in [1.165, 1.54) is 19.3 Å². The Bertz CT molecular complexity index is 289. The van der Waals surface area contributed by atoms with Gasteiger partial charge in [0, 0.05) is 31.0 Å². The molecule has 1 heterocycles. The van der Waals surface area contributed by atoms with Crippen molar-refractivity contribution in [3.05, 3.63) is 0 Å². The summed E-state index contributed by atoms with van der Waals surface area (Å²) in [5, 5.41) is 0. The smallest absolute Gasteiger partial charge is 0.138 e.